The summed E-state index contributed by atoms with van der Waals surface area (Å²) >= 11 is 0. The highest BCUT2D eigenvalue weighted by atomic mass is 16.5. The van der Waals surface area contributed by atoms with Gasteiger partial charge in [-0.15, -0.1) is 0 Å². The fourth-order valence-corrected chi connectivity index (χ4v) is 3.46. The zero-order valence-electron chi connectivity index (χ0n) is 16.7. The van der Waals surface area contributed by atoms with Gasteiger partial charge in [-0.1, -0.05) is 18.2 Å². The molecule has 6 heteroatoms. The van der Waals surface area contributed by atoms with Crippen LogP contribution >= 0.6 is 0 Å². The van der Waals surface area contributed by atoms with Crippen molar-refractivity contribution >= 4 is 5.69 Å². The maximum Gasteiger partial charge on any atom is 0.124 e. The fraction of sp³-hybridized carbons (Fsp3) is 0.455. The molecule has 3 rings (SSSR count). The van der Waals surface area contributed by atoms with Gasteiger partial charge in [0.25, 0.3) is 0 Å². The van der Waals surface area contributed by atoms with Gasteiger partial charge < -0.3 is 24.2 Å². The van der Waals surface area contributed by atoms with Gasteiger partial charge in [-0.3, -0.25) is 4.90 Å². The lowest BCUT2D eigenvalue weighted by Gasteiger charge is -2.36. The van der Waals surface area contributed by atoms with Crippen molar-refractivity contribution in [1.82, 2.24) is 4.90 Å². The maximum absolute atomic E-state index is 10.3. The Morgan fingerprint density at radius 3 is 2.32 bits per heavy atom. The van der Waals surface area contributed by atoms with E-state index >= 15 is 0 Å². The minimum absolute atomic E-state index is 0.316. The Hall–Kier alpha value is -2.28. The quantitative estimate of drug-likeness (QED) is 0.714. The summed E-state index contributed by atoms with van der Waals surface area (Å²) in [5, 5.41) is 10.3. The molecular weight excluding hydrogens is 356 g/mol. The van der Waals surface area contributed by atoms with Crippen LogP contribution in [0.25, 0.3) is 0 Å². The zero-order valence-corrected chi connectivity index (χ0v) is 16.7. The van der Waals surface area contributed by atoms with E-state index in [0.29, 0.717) is 19.8 Å². The van der Waals surface area contributed by atoms with Crippen molar-refractivity contribution in [3.63, 3.8) is 0 Å². The fourth-order valence-electron chi connectivity index (χ4n) is 3.46. The molecule has 1 N–H and O–H groups in total. The number of β-amino-alcohol motifs (C(OH)–C–C–N with tert-alkyl or cyclic N) is 1. The van der Waals surface area contributed by atoms with Gasteiger partial charge >= 0.3 is 0 Å². The molecule has 152 valence electrons. The molecule has 0 bridgehead atoms. The van der Waals surface area contributed by atoms with E-state index < -0.39 is 6.10 Å². The summed E-state index contributed by atoms with van der Waals surface area (Å²) in [4.78, 5) is 4.65. The smallest absolute Gasteiger partial charge is 0.124 e. The number of anilines is 1. The SMILES string of the molecule is COc1ccc(N2CCN(CC(O)COCc3ccccc3OC)CC2)cc1. The number of aliphatic hydroxyl groups excluding tert-OH is 1. The number of para-hydroxylation sites is 1. The normalized spacial score (nSPS) is 16.0. The Morgan fingerprint density at radius 1 is 0.929 bits per heavy atom. The third-order valence-electron chi connectivity index (χ3n) is 5.04. The first kappa shape index (κ1) is 20.5. The molecule has 1 unspecified atom stereocenters. The van der Waals surface area contributed by atoms with Crippen molar-refractivity contribution in [2.45, 2.75) is 12.7 Å². The summed E-state index contributed by atoms with van der Waals surface area (Å²) in [6.07, 6.45) is -0.498. The van der Waals surface area contributed by atoms with Crippen molar-refractivity contribution in [2.24, 2.45) is 0 Å². The first-order valence-electron chi connectivity index (χ1n) is 9.68. The van der Waals surface area contributed by atoms with Crippen LogP contribution in [0, 0.1) is 0 Å². The second-order valence-corrected chi connectivity index (χ2v) is 6.97. The highest BCUT2D eigenvalue weighted by Gasteiger charge is 2.19. The van der Waals surface area contributed by atoms with E-state index in [1.54, 1.807) is 14.2 Å². The molecule has 1 heterocycles. The Kier molecular flexibility index (Phi) is 7.54. The maximum atomic E-state index is 10.3. The highest BCUT2D eigenvalue weighted by Crippen LogP contribution is 2.21. The van der Waals surface area contributed by atoms with Crippen LogP contribution in [-0.2, 0) is 11.3 Å². The van der Waals surface area contributed by atoms with Crippen molar-refractivity contribution in [1.29, 1.82) is 0 Å². The average molecular weight is 386 g/mol. The Bertz CT molecular complexity index is 715. The molecule has 0 saturated carbocycles. The van der Waals surface area contributed by atoms with E-state index in [-0.39, 0.29) is 0 Å². The standard InChI is InChI=1S/C22H30N2O4/c1-26-21-9-7-19(8-10-21)24-13-11-23(12-14-24)15-20(25)17-28-16-18-5-3-4-6-22(18)27-2/h3-10,20,25H,11-17H2,1-2H3. The number of aliphatic hydroxyl groups is 1. The molecule has 2 aromatic rings. The van der Waals surface area contributed by atoms with Crippen molar-refractivity contribution < 1.29 is 19.3 Å². The molecule has 0 spiro atoms. The monoisotopic (exact) mass is 386 g/mol. The predicted molar refractivity (Wildman–Crippen MR) is 110 cm³/mol. The second kappa shape index (κ2) is 10.3. The van der Waals surface area contributed by atoms with Crippen molar-refractivity contribution in [3.05, 3.63) is 54.1 Å². The summed E-state index contributed by atoms with van der Waals surface area (Å²) in [5.74, 6) is 1.69. The molecule has 28 heavy (non-hydrogen) atoms. The van der Waals surface area contributed by atoms with Crippen LogP contribution in [0.15, 0.2) is 48.5 Å². The van der Waals surface area contributed by atoms with E-state index in [0.717, 1.165) is 43.2 Å². The zero-order chi connectivity index (χ0) is 19.8. The topological polar surface area (TPSA) is 54.4 Å². The minimum atomic E-state index is -0.498. The van der Waals surface area contributed by atoms with Crippen LogP contribution in [0.5, 0.6) is 11.5 Å². The number of hydrogen-bond acceptors (Lipinski definition) is 6. The Labute approximate surface area is 167 Å². The second-order valence-electron chi connectivity index (χ2n) is 6.97. The first-order chi connectivity index (χ1) is 13.7. The van der Waals surface area contributed by atoms with E-state index in [1.165, 1.54) is 5.69 Å². The van der Waals surface area contributed by atoms with Crippen molar-refractivity contribution in [2.75, 3.05) is 58.5 Å². The minimum Gasteiger partial charge on any atom is -0.497 e. The van der Waals surface area contributed by atoms with Crippen LogP contribution < -0.4 is 14.4 Å². The van der Waals surface area contributed by atoms with Crippen LogP contribution in [0.1, 0.15) is 5.56 Å². The summed E-state index contributed by atoms with van der Waals surface area (Å²) in [6, 6.07) is 15.9. The number of benzene rings is 2. The molecule has 0 aromatic heterocycles. The predicted octanol–water partition coefficient (Wildman–Crippen LogP) is 2.40. The summed E-state index contributed by atoms with van der Waals surface area (Å²) < 4.78 is 16.2. The molecule has 1 aliphatic heterocycles. The molecule has 6 nitrogen and oxygen atoms in total. The summed E-state index contributed by atoms with van der Waals surface area (Å²) in [5.41, 5.74) is 2.20. The van der Waals surface area contributed by atoms with Gasteiger partial charge in [0.1, 0.15) is 11.5 Å². The van der Waals surface area contributed by atoms with Gasteiger partial charge in [0.05, 0.1) is 33.5 Å². The lowest BCUT2D eigenvalue weighted by molar-refractivity contribution is 0.00866. The first-order valence-corrected chi connectivity index (χ1v) is 9.68. The van der Waals surface area contributed by atoms with Crippen molar-refractivity contribution in [3.8, 4) is 11.5 Å². The molecular formula is C22H30N2O4. The lowest BCUT2D eigenvalue weighted by atomic mass is 10.2. The average Bonchev–Trinajstić information content (AvgIpc) is 2.75. The van der Waals surface area contributed by atoms with E-state index in [9.17, 15) is 5.11 Å². The van der Waals surface area contributed by atoms with Gasteiger partial charge in [0, 0.05) is 44.0 Å². The van der Waals surface area contributed by atoms with Gasteiger partial charge in [-0.25, -0.2) is 0 Å². The Morgan fingerprint density at radius 2 is 1.64 bits per heavy atom. The molecule has 1 fully saturated rings. The van der Waals surface area contributed by atoms with Crippen LogP contribution in [0.3, 0.4) is 0 Å². The molecule has 1 saturated heterocycles. The highest BCUT2D eigenvalue weighted by molar-refractivity contribution is 5.49. The number of rotatable bonds is 9. The third-order valence-corrected chi connectivity index (χ3v) is 5.04. The molecule has 0 amide bonds. The number of piperazine rings is 1. The number of ether oxygens (including phenoxy) is 3. The summed E-state index contributed by atoms with van der Waals surface area (Å²) in [6.45, 7) is 5.12. The largest absolute Gasteiger partial charge is 0.497 e. The molecule has 1 aliphatic rings. The van der Waals surface area contributed by atoms with E-state index in [4.69, 9.17) is 14.2 Å². The lowest BCUT2D eigenvalue weighted by Crippen LogP contribution is -2.49. The molecule has 1 atom stereocenters. The number of hydrogen-bond donors (Lipinski definition) is 1. The Balaban J connectivity index is 1.38. The summed E-state index contributed by atoms with van der Waals surface area (Å²) in [7, 11) is 3.33. The van der Waals surface area contributed by atoms with Gasteiger partial charge in [-0.2, -0.15) is 0 Å². The van der Waals surface area contributed by atoms with Crippen LogP contribution in [0.4, 0.5) is 5.69 Å². The van der Waals surface area contributed by atoms with Crippen LogP contribution in [0.2, 0.25) is 0 Å². The van der Waals surface area contributed by atoms with E-state index in [2.05, 4.69) is 21.9 Å². The van der Waals surface area contributed by atoms with Gasteiger partial charge in [-0.05, 0) is 30.3 Å². The molecule has 2 aromatic carbocycles. The molecule has 0 aliphatic carbocycles. The third kappa shape index (κ3) is 5.61. The van der Waals surface area contributed by atoms with E-state index in [1.807, 2.05) is 36.4 Å². The van der Waals surface area contributed by atoms with Gasteiger partial charge in [0.15, 0.2) is 0 Å². The number of methoxy groups -OCH3 is 2. The van der Waals surface area contributed by atoms with Gasteiger partial charge in [0.2, 0.25) is 0 Å². The number of nitrogens with zero attached hydrogens (tertiary/aromatic N) is 2. The molecule has 0 radical (unpaired) electrons. The van der Waals surface area contributed by atoms with Crippen LogP contribution in [-0.4, -0.2) is 69.7 Å².